The Labute approximate surface area is 124 Å². The maximum atomic E-state index is 13.4. The quantitative estimate of drug-likeness (QED) is 0.849. The highest BCUT2D eigenvalue weighted by Gasteiger charge is 2.27. The van der Waals surface area contributed by atoms with Gasteiger partial charge in [-0.25, -0.2) is 0 Å². The van der Waals surface area contributed by atoms with Gasteiger partial charge >= 0.3 is 7.40 Å². The van der Waals surface area contributed by atoms with E-state index in [4.69, 9.17) is 5.73 Å². The number of rotatable bonds is 4. The molecule has 1 aromatic rings. The zero-order valence-electron chi connectivity index (χ0n) is 12.9. The summed E-state index contributed by atoms with van der Waals surface area (Å²) in [5.41, 5.74) is 11.1. The van der Waals surface area contributed by atoms with Crippen LogP contribution in [0.25, 0.3) is 5.57 Å². The van der Waals surface area contributed by atoms with E-state index in [0.717, 1.165) is 32.6 Å². The Bertz CT molecular complexity index is 654. The standard InChI is InChI=1S/C15H20BF2N3/c1-9-7-11(3)20-14(9)13(5-6-19)15-10(2)8-12(4)21(15)16(17)18/h7-8H,5-6,19H2,1-4H3/b14-13-. The molecular weight excluding hydrogens is 271 g/mol. The van der Waals surface area contributed by atoms with Crippen molar-refractivity contribution in [2.75, 3.05) is 6.54 Å². The van der Waals surface area contributed by atoms with Crippen LogP contribution >= 0.6 is 0 Å². The average Bonchev–Trinajstić information content (AvgIpc) is 2.85. The lowest BCUT2D eigenvalue weighted by atomic mass is 9.98. The Morgan fingerprint density at radius 3 is 2.43 bits per heavy atom. The van der Waals surface area contributed by atoms with Crippen LogP contribution in [0.5, 0.6) is 0 Å². The lowest BCUT2D eigenvalue weighted by Crippen LogP contribution is -2.19. The molecule has 0 spiro atoms. The van der Waals surface area contributed by atoms with Crippen molar-refractivity contribution >= 4 is 18.7 Å². The van der Waals surface area contributed by atoms with Crippen LogP contribution in [0.3, 0.4) is 0 Å². The lowest BCUT2D eigenvalue weighted by Gasteiger charge is -2.15. The zero-order valence-corrected chi connectivity index (χ0v) is 12.9. The fourth-order valence-corrected chi connectivity index (χ4v) is 2.93. The molecular formula is C15H20BF2N3. The average molecular weight is 291 g/mol. The highest BCUT2D eigenvalue weighted by Crippen LogP contribution is 2.34. The van der Waals surface area contributed by atoms with E-state index in [1.165, 1.54) is 0 Å². The number of halogens is 2. The molecule has 1 aromatic heterocycles. The molecule has 1 aliphatic rings. The first kappa shape index (κ1) is 15.7. The second-order valence-electron chi connectivity index (χ2n) is 5.41. The smallest absolute Gasteiger partial charge is 0.330 e. The van der Waals surface area contributed by atoms with E-state index >= 15 is 0 Å². The fourth-order valence-electron chi connectivity index (χ4n) is 2.93. The molecule has 2 N–H and O–H groups in total. The van der Waals surface area contributed by atoms with Crippen molar-refractivity contribution in [3.63, 3.8) is 0 Å². The van der Waals surface area contributed by atoms with Gasteiger partial charge in [-0.05, 0) is 63.9 Å². The van der Waals surface area contributed by atoms with Crippen LogP contribution in [-0.2, 0) is 0 Å². The minimum absolute atomic E-state index is 0.396. The predicted octanol–water partition coefficient (Wildman–Crippen LogP) is 3.36. The van der Waals surface area contributed by atoms with Gasteiger partial charge in [-0.1, -0.05) is 0 Å². The highest BCUT2D eigenvalue weighted by atomic mass is 19.2. The van der Waals surface area contributed by atoms with Crippen molar-refractivity contribution in [3.05, 3.63) is 40.4 Å². The van der Waals surface area contributed by atoms with E-state index in [-0.39, 0.29) is 0 Å². The first-order valence-electron chi connectivity index (χ1n) is 7.01. The molecule has 0 aromatic carbocycles. The number of aromatic nitrogens is 1. The predicted molar refractivity (Wildman–Crippen MR) is 84.7 cm³/mol. The van der Waals surface area contributed by atoms with Crippen LogP contribution in [0.4, 0.5) is 8.63 Å². The van der Waals surface area contributed by atoms with Crippen molar-refractivity contribution in [1.82, 2.24) is 4.48 Å². The monoisotopic (exact) mass is 291 g/mol. The van der Waals surface area contributed by atoms with Crippen LogP contribution < -0.4 is 5.73 Å². The third-order valence-electron chi connectivity index (χ3n) is 3.67. The maximum Gasteiger partial charge on any atom is 0.677 e. The Morgan fingerprint density at radius 2 is 1.95 bits per heavy atom. The first-order valence-corrected chi connectivity index (χ1v) is 7.01. The van der Waals surface area contributed by atoms with Crippen LogP contribution in [-0.4, -0.2) is 24.1 Å². The summed E-state index contributed by atoms with van der Waals surface area (Å²) in [6.45, 7) is 7.79. The molecule has 2 rings (SSSR count). The summed E-state index contributed by atoms with van der Waals surface area (Å²) in [6.07, 6.45) is 2.48. The van der Waals surface area contributed by atoms with Gasteiger partial charge in [0, 0.05) is 22.7 Å². The van der Waals surface area contributed by atoms with Gasteiger partial charge in [0.1, 0.15) is 0 Å². The molecule has 6 heteroatoms. The van der Waals surface area contributed by atoms with Gasteiger partial charge < -0.3 is 10.2 Å². The minimum atomic E-state index is -2.57. The Hall–Kier alpha value is -1.69. The van der Waals surface area contributed by atoms with E-state index < -0.39 is 7.40 Å². The van der Waals surface area contributed by atoms with E-state index in [0.29, 0.717) is 24.4 Å². The number of allylic oxidation sites excluding steroid dienone is 2. The fraction of sp³-hybridized carbons (Fsp3) is 0.400. The van der Waals surface area contributed by atoms with Crippen molar-refractivity contribution in [1.29, 1.82) is 0 Å². The summed E-state index contributed by atoms with van der Waals surface area (Å²) in [7, 11) is -2.57. The second kappa shape index (κ2) is 5.97. The second-order valence-corrected chi connectivity index (χ2v) is 5.41. The van der Waals surface area contributed by atoms with Gasteiger partial charge in [0.25, 0.3) is 0 Å². The Kier molecular flexibility index (Phi) is 4.47. The molecule has 0 aliphatic carbocycles. The largest absolute Gasteiger partial charge is 0.677 e. The van der Waals surface area contributed by atoms with Gasteiger partial charge in [0.05, 0.1) is 5.70 Å². The van der Waals surface area contributed by atoms with Crippen LogP contribution in [0.15, 0.2) is 28.4 Å². The zero-order chi connectivity index (χ0) is 15.7. The number of nitrogens with two attached hydrogens (primary N) is 1. The molecule has 21 heavy (non-hydrogen) atoms. The molecule has 2 heterocycles. The molecule has 0 unspecified atom stereocenters. The molecule has 0 saturated heterocycles. The number of hydrogen-bond acceptors (Lipinski definition) is 2. The third-order valence-corrected chi connectivity index (χ3v) is 3.67. The lowest BCUT2D eigenvalue weighted by molar-refractivity contribution is 0.623. The highest BCUT2D eigenvalue weighted by molar-refractivity contribution is 6.41. The summed E-state index contributed by atoms with van der Waals surface area (Å²) in [4.78, 5) is 4.51. The van der Waals surface area contributed by atoms with E-state index in [1.807, 2.05) is 26.8 Å². The Morgan fingerprint density at radius 1 is 1.29 bits per heavy atom. The molecule has 0 bridgehead atoms. The summed E-state index contributed by atoms with van der Waals surface area (Å²) < 4.78 is 27.9. The van der Waals surface area contributed by atoms with Gasteiger partial charge in [-0.15, -0.1) is 0 Å². The minimum Gasteiger partial charge on any atom is -0.330 e. The topological polar surface area (TPSA) is 43.3 Å². The molecule has 0 saturated carbocycles. The number of hydrogen-bond donors (Lipinski definition) is 1. The van der Waals surface area contributed by atoms with Crippen LogP contribution in [0.1, 0.15) is 37.2 Å². The van der Waals surface area contributed by atoms with Crippen molar-refractivity contribution < 1.29 is 8.63 Å². The van der Waals surface area contributed by atoms with Crippen LogP contribution in [0.2, 0.25) is 0 Å². The van der Waals surface area contributed by atoms with E-state index in [9.17, 15) is 8.63 Å². The number of nitrogens with zero attached hydrogens (tertiary/aromatic N) is 2. The molecule has 112 valence electrons. The summed E-state index contributed by atoms with van der Waals surface area (Å²) in [6, 6.07) is 1.78. The molecule has 0 amide bonds. The van der Waals surface area contributed by atoms with Crippen molar-refractivity contribution in [2.24, 2.45) is 10.7 Å². The van der Waals surface area contributed by atoms with Gasteiger partial charge in [0.2, 0.25) is 0 Å². The normalized spacial score (nSPS) is 16.9. The van der Waals surface area contributed by atoms with E-state index in [1.54, 1.807) is 13.0 Å². The molecule has 3 nitrogen and oxygen atoms in total. The van der Waals surface area contributed by atoms with E-state index in [2.05, 4.69) is 4.99 Å². The third kappa shape index (κ3) is 2.86. The molecule has 0 radical (unpaired) electrons. The van der Waals surface area contributed by atoms with Crippen LogP contribution in [0, 0.1) is 13.8 Å². The molecule has 0 atom stereocenters. The maximum absolute atomic E-state index is 13.4. The van der Waals surface area contributed by atoms with Crippen molar-refractivity contribution in [3.8, 4) is 0 Å². The SMILES string of the molecule is CC1=CC(C)=N/C1=C(/CCN)c1c(C)cc(C)n1B(F)F. The van der Waals surface area contributed by atoms with Crippen molar-refractivity contribution in [2.45, 2.75) is 34.1 Å². The number of aryl methyl sites for hydroxylation is 2. The first-order chi connectivity index (χ1) is 9.86. The summed E-state index contributed by atoms with van der Waals surface area (Å²) >= 11 is 0. The number of aliphatic imine (C=N–C) groups is 1. The summed E-state index contributed by atoms with van der Waals surface area (Å²) in [5, 5.41) is 0. The molecule has 0 fully saturated rings. The summed E-state index contributed by atoms with van der Waals surface area (Å²) in [5.74, 6) is 0. The molecule has 1 aliphatic heterocycles. The Balaban J connectivity index is 2.72. The van der Waals surface area contributed by atoms with Gasteiger partial charge in [0.15, 0.2) is 0 Å². The van der Waals surface area contributed by atoms with Gasteiger partial charge in [-0.2, -0.15) is 0 Å². The van der Waals surface area contributed by atoms with Gasteiger partial charge in [-0.3, -0.25) is 13.6 Å².